The second kappa shape index (κ2) is 10.5. The van der Waals surface area contributed by atoms with Gasteiger partial charge in [-0.15, -0.1) is 5.01 Å². The van der Waals surface area contributed by atoms with E-state index in [2.05, 4.69) is 19.6 Å². The van der Waals surface area contributed by atoms with E-state index in [-0.39, 0.29) is 17.5 Å². The van der Waals surface area contributed by atoms with Gasteiger partial charge in [-0.25, -0.2) is 4.79 Å². The van der Waals surface area contributed by atoms with Crippen LogP contribution in [-0.4, -0.2) is 53.7 Å². The third-order valence-corrected chi connectivity index (χ3v) is 2.10. The highest BCUT2D eigenvalue weighted by Crippen LogP contribution is 1.98. The number of carboxylic acids is 1. The monoisotopic (exact) mass is 307 g/mol. The molecular formula is C11H21N3O7. The molecule has 0 spiro atoms. The van der Waals surface area contributed by atoms with Gasteiger partial charge in [0.15, 0.2) is 0 Å². The van der Waals surface area contributed by atoms with Crippen LogP contribution in [0.25, 0.3) is 0 Å². The molecule has 0 aromatic heterocycles. The van der Waals surface area contributed by atoms with Crippen LogP contribution < -0.4 is 0 Å². The molecule has 0 aliphatic heterocycles. The summed E-state index contributed by atoms with van der Waals surface area (Å²) >= 11 is 0. The molecule has 122 valence electrons. The molecule has 0 saturated carbocycles. The summed E-state index contributed by atoms with van der Waals surface area (Å²) in [5.74, 6) is -0.880. The molecule has 0 radical (unpaired) electrons. The average Bonchev–Trinajstić information content (AvgIpc) is 2.38. The van der Waals surface area contributed by atoms with Gasteiger partial charge in [0.05, 0.1) is 24.7 Å². The van der Waals surface area contributed by atoms with Crippen LogP contribution in [0.15, 0.2) is 5.28 Å². The third kappa shape index (κ3) is 11.3. The molecule has 10 heteroatoms. The molecule has 0 aromatic rings. The van der Waals surface area contributed by atoms with Crippen molar-refractivity contribution in [3.05, 3.63) is 5.21 Å². The van der Waals surface area contributed by atoms with Crippen LogP contribution in [0.4, 0.5) is 4.79 Å². The summed E-state index contributed by atoms with van der Waals surface area (Å²) < 4.78 is 9.14. The van der Waals surface area contributed by atoms with Crippen molar-refractivity contribution in [2.75, 3.05) is 20.4 Å². The Morgan fingerprint density at radius 2 is 2.05 bits per heavy atom. The van der Waals surface area contributed by atoms with Crippen LogP contribution in [0.1, 0.15) is 33.1 Å². The normalized spacial score (nSPS) is 11.1. The van der Waals surface area contributed by atoms with Crippen molar-refractivity contribution in [1.29, 1.82) is 0 Å². The molecule has 0 bridgehead atoms. The number of hydrogen-bond acceptors (Lipinski definition) is 7. The Bertz CT molecular complexity index is 360. The second-order valence-corrected chi connectivity index (χ2v) is 4.37. The van der Waals surface area contributed by atoms with Crippen molar-refractivity contribution >= 4 is 12.1 Å². The Balaban J connectivity index is 3.80. The lowest BCUT2D eigenvalue weighted by atomic mass is 10.2. The Morgan fingerprint density at radius 1 is 1.38 bits per heavy atom. The summed E-state index contributed by atoms with van der Waals surface area (Å²) in [6.45, 7) is 3.09. The average molecular weight is 307 g/mol. The van der Waals surface area contributed by atoms with E-state index in [1.54, 1.807) is 13.8 Å². The topological polar surface area (TPSA) is 124 Å². The molecule has 0 unspecified atom stereocenters. The Labute approximate surface area is 122 Å². The smallest absolute Gasteiger partial charge is 0.511 e. The molecule has 0 fully saturated rings. The lowest BCUT2D eigenvalue weighted by Gasteiger charge is -2.12. The number of aliphatic carboxylic acids is 1. The van der Waals surface area contributed by atoms with E-state index in [4.69, 9.17) is 5.11 Å². The van der Waals surface area contributed by atoms with Crippen molar-refractivity contribution in [3.63, 3.8) is 0 Å². The van der Waals surface area contributed by atoms with Crippen molar-refractivity contribution < 1.29 is 34.0 Å². The zero-order valence-electron chi connectivity index (χ0n) is 12.4. The maximum atomic E-state index is 11.4. The standard InChI is InChI=1S/C11H21N3O7/c1-9(2)21-11(17)19-8-20-12-14(18)13(3)7-5-4-6-10(15)16/h9H,4-8H2,1-3H3,(H,15,16). The van der Waals surface area contributed by atoms with Crippen LogP contribution in [0.3, 0.4) is 0 Å². The van der Waals surface area contributed by atoms with Gasteiger partial charge in [-0.2, -0.15) is 0 Å². The fraction of sp³-hybridized carbons (Fsp3) is 0.818. The Kier molecular flexibility index (Phi) is 9.39. The number of hydrogen-bond donors (Lipinski definition) is 1. The lowest BCUT2D eigenvalue weighted by molar-refractivity contribution is -0.706. The molecular weight excluding hydrogens is 286 g/mol. The van der Waals surface area contributed by atoms with Gasteiger partial charge in [0.25, 0.3) is 6.79 Å². The first-order valence-electron chi connectivity index (χ1n) is 6.39. The predicted molar refractivity (Wildman–Crippen MR) is 68.8 cm³/mol. The number of unbranched alkanes of at least 4 members (excludes halogenated alkanes) is 1. The molecule has 10 nitrogen and oxygen atoms in total. The minimum atomic E-state index is -0.917. The van der Waals surface area contributed by atoms with E-state index in [0.29, 0.717) is 19.4 Å². The highest BCUT2D eigenvalue weighted by atomic mass is 16.8. The Hall–Kier alpha value is -2.26. The zero-order chi connectivity index (χ0) is 16.3. The molecule has 0 saturated heterocycles. The van der Waals surface area contributed by atoms with Crippen LogP contribution in [0.2, 0.25) is 0 Å². The van der Waals surface area contributed by atoms with Gasteiger partial charge in [-0.3, -0.25) is 4.79 Å². The summed E-state index contributed by atoms with van der Waals surface area (Å²) in [5.41, 5.74) is 0. The van der Waals surface area contributed by atoms with Crippen molar-refractivity contribution in [2.45, 2.75) is 39.2 Å². The summed E-state index contributed by atoms with van der Waals surface area (Å²) in [6, 6.07) is 0. The van der Waals surface area contributed by atoms with Crippen LogP contribution >= 0.6 is 0 Å². The Morgan fingerprint density at radius 3 is 2.62 bits per heavy atom. The number of nitrogens with zero attached hydrogens (tertiary/aromatic N) is 3. The minimum Gasteiger partial charge on any atom is -0.569 e. The molecule has 0 aromatic carbocycles. The number of ether oxygens (including phenoxy) is 2. The largest absolute Gasteiger partial charge is 0.569 e. The highest BCUT2D eigenvalue weighted by Gasteiger charge is 2.09. The van der Waals surface area contributed by atoms with Gasteiger partial charge in [0.1, 0.15) is 0 Å². The first-order chi connectivity index (χ1) is 9.82. The van der Waals surface area contributed by atoms with Crippen molar-refractivity contribution in [1.82, 2.24) is 5.01 Å². The second-order valence-electron chi connectivity index (χ2n) is 4.37. The molecule has 0 amide bonds. The summed E-state index contributed by atoms with van der Waals surface area (Å²) in [6.07, 6.45) is -0.207. The fourth-order valence-electron chi connectivity index (χ4n) is 1.14. The van der Waals surface area contributed by atoms with E-state index in [1.807, 2.05) is 0 Å². The minimum absolute atomic E-state index is 0.0478. The number of carbonyl (C=O) groups excluding carboxylic acids is 1. The van der Waals surface area contributed by atoms with Gasteiger partial charge >= 0.3 is 12.1 Å². The predicted octanol–water partition coefficient (Wildman–Crippen LogP) is 1.50. The zero-order valence-corrected chi connectivity index (χ0v) is 12.4. The van der Waals surface area contributed by atoms with Gasteiger partial charge in [-0.1, -0.05) is 0 Å². The van der Waals surface area contributed by atoms with E-state index in [1.165, 1.54) is 12.1 Å². The van der Waals surface area contributed by atoms with Crippen molar-refractivity contribution in [3.8, 4) is 0 Å². The van der Waals surface area contributed by atoms with E-state index in [0.717, 1.165) is 0 Å². The van der Waals surface area contributed by atoms with Crippen LogP contribution in [0, 0.1) is 5.21 Å². The number of hydrazine groups is 1. The highest BCUT2D eigenvalue weighted by molar-refractivity contribution is 5.66. The van der Waals surface area contributed by atoms with Gasteiger partial charge < -0.3 is 24.6 Å². The molecule has 0 atom stereocenters. The quantitative estimate of drug-likeness (QED) is 0.161. The summed E-state index contributed by atoms with van der Waals surface area (Å²) in [5, 5.41) is 24.1. The molecule has 0 aliphatic carbocycles. The molecule has 1 N–H and O–H groups in total. The molecule has 0 aliphatic rings. The fourth-order valence-corrected chi connectivity index (χ4v) is 1.14. The van der Waals surface area contributed by atoms with Gasteiger partial charge in [-0.05, 0) is 26.7 Å². The number of carbonyl (C=O) groups is 2. The summed E-state index contributed by atoms with van der Waals surface area (Å²) in [7, 11) is 1.47. The molecule has 0 heterocycles. The van der Waals surface area contributed by atoms with Crippen LogP contribution in [-0.2, 0) is 19.1 Å². The third-order valence-electron chi connectivity index (χ3n) is 2.10. The van der Waals surface area contributed by atoms with E-state index in [9.17, 15) is 14.8 Å². The van der Waals surface area contributed by atoms with E-state index >= 15 is 0 Å². The SMILES string of the molecule is CC(C)OC(=O)OCON=[N+]([O-])N(C)CCCCC(=O)O. The van der Waals surface area contributed by atoms with Gasteiger partial charge in [0, 0.05) is 6.42 Å². The number of rotatable bonds is 10. The van der Waals surface area contributed by atoms with Crippen LogP contribution in [0.5, 0.6) is 0 Å². The maximum absolute atomic E-state index is 11.4. The van der Waals surface area contributed by atoms with E-state index < -0.39 is 18.9 Å². The molecule has 0 rings (SSSR count). The lowest BCUT2D eigenvalue weighted by Crippen LogP contribution is -2.27. The first-order valence-corrected chi connectivity index (χ1v) is 6.39. The van der Waals surface area contributed by atoms with Gasteiger partial charge in [0.2, 0.25) is 5.28 Å². The maximum Gasteiger partial charge on any atom is 0.511 e. The first kappa shape index (κ1) is 18.7. The van der Waals surface area contributed by atoms with Crippen molar-refractivity contribution in [2.24, 2.45) is 5.28 Å². The summed E-state index contributed by atoms with van der Waals surface area (Å²) in [4.78, 5) is 25.9. The molecule has 21 heavy (non-hydrogen) atoms. The number of carboxylic acid groups (broad SMARTS) is 1.